The molecule has 5 rings (SSSR count). The third-order valence-electron chi connectivity index (χ3n) is 5.78. The summed E-state index contributed by atoms with van der Waals surface area (Å²) in [5, 5.41) is 3.85. The van der Waals surface area contributed by atoms with Gasteiger partial charge in [0.25, 0.3) is 5.91 Å². The average molecular weight is 448 g/mol. The van der Waals surface area contributed by atoms with E-state index in [0.29, 0.717) is 59.6 Å². The maximum Gasteiger partial charge on any atom is 0.260 e. The fourth-order valence-electron chi connectivity index (χ4n) is 4.08. The molecule has 1 aliphatic rings. The lowest BCUT2D eigenvalue weighted by Gasteiger charge is -2.27. The van der Waals surface area contributed by atoms with Crippen LogP contribution in [0.4, 0.5) is 8.78 Å². The van der Waals surface area contributed by atoms with Crippen LogP contribution in [0.25, 0.3) is 16.6 Å². The molecule has 1 amide bonds. The molecule has 2 aromatic carbocycles. The Morgan fingerprint density at radius 3 is 2.52 bits per heavy atom. The molecule has 2 aromatic heterocycles. The molecule has 0 bridgehead atoms. The van der Waals surface area contributed by atoms with Crippen molar-refractivity contribution in [1.82, 2.24) is 19.8 Å². The fraction of sp³-hybridized carbons (Fsp3) is 0.200. The first-order valence-electron chi connectivity index (χ1n) is 10.7. The number of amides is 1. The summed E-state index contributed by atoms with van der Waals surface area (Å²) in [4.78, 5) is 19.7. The van der Waals surface area contributed by atoms with Crippen LogP contribution in [0.5, 0.6) is 11.6 Å². The largest absolute Gasteiger partial charge is 0.439 e. The van der Waals surface area contributed by atoms with Gasteiger partial charge >= 0.3 is 0 Å². The van der Waals surface area contributed by atoms with Gasteiger partial charge in [0, 0.05) is 55.7 Å². The number of nitrogens with zero attached hydrogens (tertiary/aromatic N) is 3. The monoisotopic (exact) mass is 448 g/mol. The summed E-state index contributed by atoms with van der Waals surface area (Å²) in [6.45, 7) is 4.31. The lowest BCUT2D eigenvalue weighted by Crippen LogP contribution is -2.46. The first-order valence-corrected chi connectivity index (χ1v) is 10.7. The van der Waals surface area contributed by atoms with Gasteiger partial charge in [-0.3, -0.25) is 14.3 Å². The van der Waals surface area contributed by atoms with Gasteiger partial charge in [-0.15, -0.1) is 0 Å². The van der Waals surface area contributed by atoms with Gasteiger partial charge in [0.1, 0.15) is 22.9 Å². The number of rotatable bonds is 4. The molecule has 4 aromatic rings. The van der Waals surface area contributed by atoms with Gasteiger partial charge < -0.3 is 15.0 Å². The zero-order valence-corrected chi connectivity index (χ0v) is 18.0. The summed E-state index contributed by atoms with van der Waals surface area (Å²) < 4.78 is 35.7. The second kappa shape index (κ2) is 8.63. The van der Waals surface area contributed by atoms with E-state index >= 15 is 0 Å². The van der Waals surface area contributed by atoms with Gasteiger partial charge in [0.2, 0.25) is 5.88 Å². The molecule has 6 nitrogen and oxygen atoms in total. The van der Waals surface area contributed by atoms with E-state index in [0.717, 1.165) is 0 Å². The third kappa shape index (κ3) is 3.93. The number of carbonyl (C=O) groups is 1. The predicted octanol–water partition coefficient (Wildman–Crippen LogP) is 4.45. The first-order chi connectivity index (χ1) is 16.0. The highest BCUT2D eigenvalue weighted by Crippen LogP contribution is 2.39. The topological polar surface area (TPSA) is 59.4 Å². The van der Waals surface area contributed by atoms with Crippen LogP contribution in [0, 0.1) is 18.6 Å². The zero-order valence-electron chi connectivity index (χ0n) is 18.0. The number of halogens is 2. The zero-order chi connectivity index (χ0) is 22.9. The molecule has 168 valence electrons. The minimum absolute atomic E-state index is 0.195. The lowest BCUT2D eigenvalue weighted by molar-refractivity contribution is 0.0735. The summed E-state index contributed by atoms with van der Waals surface area (Å²) in [7, 11) is 0. The number of aryl methyl sites for hydroxylation is 1. The van der Waals surface area contributed by atoms with Crippen LogP contribution >= 0.6 is 0 Å². The molecule has 0 spiro atoms. The standard InChI is InChI=1S/C25H22F2N4O2/c1-16-2-3-18(27)14-22(16)33-25-23(24(32)30-12-10-28-11-13-30)20-15-29-9-8-21(20)31(25)19-6-4-17(26)5-7-19/h2-9,14-15,28H,10-13H2,1H3. The van der Waals surface area contributed by atoms with Crippen molar-refractivity contribution in [1.29, 1.82) is 0 Å². The number of carbonyl (C=O) groups excluding carboxylic acids is 1. The summed E-state index contributed by atoms with van der Waals surface area (Å²) in [5.41, 5.74) is 2.34. The Labute approximate surface area is 189 Å². The van der Waals surface area contributed by atoms with Crippen molar-refractivity contribution in [2.45, 2.75) is 6.92 Å². The highest BCUT2D eigenvalue weighted by Gasteiger charge is 2.30. The van der Waals surface area contributed by atoms with E-state index < -0.39 is 5.82 Å². The summed E-state index contributed by atoms with van der Waals surface area (Å²) in [6, 6.07) is 12.0. The summed E-state index contributed by atoms with van der Waals surface area (Å²) >= 11 is 0. The Balaban J connectivity index is 1.76. The molecule has 0 atom stereocenters. The van der Waals surface area contributed by atoms with Gasteiger partial charge in [-0.05, 0) is 48.9 Å². The Morgan fingerprint density at radius 1 is 1.03 bits per heavy atom. The molecule has 0 radical (unpaired) electrons. The van der Waals surface area contributed by atoms with Crippen molar-refractivity contribution < 1.29 is 18.3 Å². The van der Waals surface area contributed by atoms with Crippen LogP contribution in [0.1, 0.15) is 15.9 Å². The normalized spacial score (nSPS) is 14.0. The Morgan fingerprint density at radius 2 is 1.76 bits per heavy atom. The predicted molar refractivity (Wildman–Crippen MR) is 121 cm³/mol. The maximum atomic E-state index is 14.1. The molecular formula is C25H22F2N4O2. The van der Waals surface area contributed by atoms with E-state index in [2.05, 4.69) is 10.3 Å². The SMILES string of the molecule is Cc1ccc(F)cc1Oc1c(C(=O)N2CCNCC2)c2cnccc2n1-c1ccc(F)cc1. The van der Waals surface area contributed by atoms with Crippen LogP contribution in [0.15, 0.2) is 60.9 Å². The van der Waals surface area contributed by atoms with Gasteiger partial charge in [0.15, 0.2) is 0 Å². The van der Waals surface area contributed by atoms with Crippen LogP contribution in [-0.4, -0.2) is 46.5 Å². The number of ether oxygens (including phenoxy) is 1. The van der Waals surface area contributed by atoms with Gasteiger partial charge in [0.05, 0.1) is 5.52 Å². The average Bonchev–Trinajstić information content (AvgIpc) is 3.15. The molecule has 33 heavy (non-hydrogen) atoms. The molecule has 1 N–H and O–H groups in total. The quantitative estimate of drug-likeness (QED) is 0.501. The Hall–Kier alpha value is -3.78. The molecule has 3 heterocycles. The van der Waals surface area contributed by atoms with Gasteiger partial charge in [-0.1, -0.05) is 6.07 Å². The number of hydrogen-bond donors (Lipinski definition) is 1. The third-order valence-corrected chi connectivity index (χ3v) is 5.78. The van der Waals surface area contributed by atoms with Crippen molar-refractivity contribution in [2.24, 2.45) is 0 Å². The van der Waals surface area contributed by atoms with Crippen LogP contribution < -0.4 is 10.1 Å². The molecular weight excluding hydrogens is 426 g/mol. The highest BCUT2D eigenvalue weighted by molar-refractivity contribution is 6.10. The summed E-state index contributed by atoms with van der Waals surface area (Å²) in [6.07, 6.45) is 3.24. The number of piperazine rings is 1. The van der Waals surface area contributed by atoms with Crippen LogP contribution in [-0.2, 0) is 0 Å². The van der Waals surface area contributed by atoms with E-state index in [4.69, 9.17) is 4.74 Å². The van der Waals surface area contributed by atoms with E-state index in [1.54, 1.807) is 53.0 Å². The Kier molecular flexibility index (Phi) is 5.51. The van der Waals surface area contributed by atoms with Crippen molar-refractivity contribution in [3.05, 3.63) is 83.7 Å². The smallest absolute Gasteiger partial charge is 0.260 e. The van der Waals surface area contributed by atoms with E-state index in [1.807, 2.05) is 0 Å². The van der Waals surface area contributed by atoms with Crippen molar-refractivity contribution in [2.75, 3.05) is 26.2 Å². The van der Waals surface area contributed by atoms with Crippen molar-refractivity contribution in [3.63, 3.8) is 0 Å². The summed E-state index contributed by atoms with van der Waals surface area (Å²) in [5.74, 6) is -0.487. The first kappa shape index (κ1) is 21.1. The molecule has 0 aliphatic carbocycles. The molecule has 1 saturated heterocycles. The molecule has 8 heteroatoms. The second-order valence-electron chi connectivity index (χ2n) is 7.94. The van der Waals surface area contributed by atoms with E-state index in [9.17, 15) is 13.6 Å². The Bertz CT molecular complexity index is 1330. The maximum absolute atomic E-state index is 14.1. The highest BCUT2D eigenvalue weighted by atomic mass is 19.1. The van der Waals surface area contributed by atoms with Crippen LogP contribution in [0.3, 0.4) is 0 Å². The van der Waals surface area contributed by atoms with Crippen molar-refractivity contribution >= 4 is 16.8 Å². The van der Waals surface area contributed by atoms with Crippen LogP contribution in [0.2, 0.25) is 0 Å². The molecule has 0 unspecified atom stereocenters. The molecule has 1 aliphatic heterocycles. The number of fused-ring (bicyclic) bond motifs is 1. The van der Waals surface area contributed by atoms with E-state index in [1.165, 1.54) is 24.3 Å². The second-order valence-corrected chi connectivity index (χ2v) is 7.94. The van der Waals surface area contributed by atoms with E-state index in [-0.39, 0.29) is 17.6 Å². The van der Waals surface area contributed by atoms with Gasteiger partial charge in [-0.25, -0.2) is 8.78 Å². The lowest BCUT2D eigenvalue weighted by atomic mass is 10.1. The minimum Gasteiger partial charge on any atom is -0.439 e. The number of nitrogens with one attached hydrogen (secondary N) is 1. The number of benzene rings is 2. The number of aromatic nitrogens is 2. The molecule has 1 fully saturated rings. The number of hydrogen-bond acceptors (Lipinski definition) is 4. The fourth-order valence-corrected chi connectivity index (χ4v) is 4.08. The van der Waals surface area contributed by atoms with Gasteiger partial charge in [-0.2, -0.15) is 0 Å². The van der Waals surface area contributed by atoms with Crippen molar-refractivity contribution in [3.8, 4) is 17.3 Å². The molecule has 0 saturated carbocycles. The number of pyridine rings is 1. The minimum atomic E-state index is -0.448.